The normalized spacial score (nSPS) is 10.7. The number of nitrogens with two attached hydrogens (primary N) is 1. The molecule has 0 fully saturated rings. The standard InChI is InChI=1S/C19H22N6O2/c1-3-16(26)22-13-6-4-12(5-7-13)14-8-9-15-17(23-14)18(21-10-11-27-2)25-19(20)24-15/h4-9H,3,10-11H2,1-2H3,(H,22,26)(H3,20,21,24,25). The van der Waals surface area contributed by atoms with Crippen LogP contribution in [-0.2, 0) is 9.53 Å². The number of nitrogen functional groups attached to an aromatic ring is 1. The summed E-state index contributed by atoms with van der Waals surface area (Å²) in [4.78, 5) is 24.7. The molecule has 1 amide bonds. The first-order valence-corrected chi connectivity index (χ1v) is 8.68. The van der Waals surface area contributed by atoms with Crippen LogP contribution in [0.25, 0.3) is 22.3 Å². The van der Waals surface area contributed by atoms with Crippen molar-refractivity contribution in [1.29, 1.82) is 0 Å². The molecule has 0 saturated heterocycles. The van der Waals surface area contributed by atoms with Gasteiger partial charge in [0, 0.05) is 31.3 Å². The van der Waals surface area contributed by atoms with Crippen molar-refractivity contribution < 1.29 is 9.53 Å². The summed E-state index contributed by atoms with van der Waals surface area (Å²) in [6.45, 7) is 2.94. The van der Waals surface area contributed by atoms with E-state index < -0.39 is 0 Å². The lowest BCUT2D eigenvalue weighted by Crippen LogP contribution is -2.11. The topological polar surface area (TPSA) is 115 Å². The molecule has 3 aromatic rings. The van der Waals surface area contributed by atoms with E-state index in [0.717, 1.165) is 16.9 Å². The number of carbonyl (C=O) groups is 1. The quantitative estimate of drug-likeness (QED) is 0.551. The summed E-state index contributed by atoms with van der Waals surface area (Å²) < 4.78 is 5.06. The van der Waals surface area contributed by atoms with Crippen molar-refractivity contribution in [1.82, 2.24) is 15.0 Å². The molecule has 0 bridgehead atoms. The Balaban J connectivity index is 1.92. The predicted molar refractivity (Wildman–Crippen MR) is 106 cm³/mol. The Morgan fingerprint density at radius 2 is 1.89 bits per heavy atom. The largest absolute Gasteiger partial charge is 0.383 e. The van der Waals surface area contributed by atoms with Gasteiger partial charge in [0.25, 0.3) is 0 Å². The number of carbonyl (C=O) groups excluding carboxylic acids is 1. The lowest BCUT2D eigenvalue weighted by Gasteiger charge is -2.10. The molecule has 0 aliphatic rings. The van der Waals surface area contributed by atoms with E-state index >= 15 is 0 Å². The van der Waals surface area contributed by atoms with Crippen LogP contribution in [0.15, 0.2) is 36.4 Å². The van der Waals surface area contributed by atoms with Gasteiger partial charge >= 0.3 is 0 Å². The number of nitrogens with one attached hydrogen (secondary N) is 2. The Kier molecular flexibility index (Phi) is 5.77. The Bertz CT molecular complexity index is 943. The molecule has 0 unspecified atom stereocenters. The fourth-order valence-electron chi connectivity index (χ4n) is 2.56. The number of amides is 1. The minimum absolute atomic E-state index is 0.0203. The summed E-state index contributed by atoms with van der Waals surface area (Å²) in [7, 11) is 1.64. The number of nitrogens with zero attached hydrogens (tertiary/aromatic N) is 3. The molecule has 0 spiro atoms. The molecular weight excluding hydrogens is 344 g/mol. The summed E-state index contributed by atoms with van der Waals surface area (Å²) in [5, 5.41) is 6.01. The maximum atomic E-state index is 11.5. The van der Waals surface area contributed by atoms with Crippen LogP contribution in [0.4, 0.5) is 17.5 Å². The number of methoxy groups -OCH3 is 1. The van der Waals surface area contributed by atoms with E-state index in [4.69, 9.17) is 15.5 Å². The van der Waals surface area contributed by atoms with Gasteiger partial charge < -0.3 is 21.1 Å². The average molecular weight is 366 g/mol. The second kappa shape index (κ2) is 8.41. The van der Waals surface area contributed by atoms with Crippen molar-refractivity contribution in [2.45, 2.75) is 13.3 Å². The molecule has 8 nitrogen and oxygen atoms in total. The van der Waals surface area contributed by atoms with Gasteiger partial charge in [-0.05, 0) is 24.3 Å². The van der Waals surface area contributed by atoms with E-state index in [9.17, 15) is 4.79 Å². The number of rotatable bonds is 7. The summed E-state index contributed by atoms with van der Waals surface area (Å²) in [5.41, 5.74) is 9.55. The van der Waals surface area contributed by atoms with Crippen molar-refractivity contribution in [3.8, 4) is 11.3 Å². The molecule has 27 heavy (non-hydrogen) atoms. The molecular formula is C19H22N6O2. The van der Waals surface area contributed by atoms with Gasteiger partial charge in [0.2, 0.25) is 11.9 Å². The first-order chi connectivity index (χ1) is 13.1. The number of hydrogen-bond donors (Lipinski definition) is 3. The number of fused-ring (bicyclic) bond motifs is 1. The second-order valence-electron chi connectivity index (χ2n) is 5.89. The number of pyridine rings is 1. The first-order valence-electron chi connectivity index (χ1n) is 8.68. The molecule has 2 aromatic heterocycles. The van der Waals surface area contributed by atoms with Crippen LogP contribution in [0, 0.1) is 0 Å². The van der Waals surface area contributed by atoms with Gasteiger partial charge in [0.05, 0.1) is 17.8 Å². The highest BCUT2D eigenvalue weighted by molar-refractivity contribution is 5.91. The van der Waals surface area contributed by atoms with Crippen molar-refractivity contribution in [3.63, 3.8) is 0 Å². The van der Waals surface area contributed by atoms with Crippen LogP contribution >= 0.6 is 0 Å². The second-order valence-corrected chi connectivity index (χ2v) is 5.89. The van der Waals surface area contributed by atoms with E-state index in [1.54, 1.807) is 7.11 Å². The zero-order valence-corrected chi connectivity index (χ0v) is 15.3. The smallest absolute Gasteiger partial charge is 0.224 e. The molecule has 2 heterocycles. The number of hydrogen-bond acceptors (Lipinski definition) is 7. The highest BCUT2D eigenvalue weighted by Gasteiger charge is 2.10. The first kappa shape index (κ1) is 18.5. The Labute approximate surface area is 157 Å². The minimum Gasteiger partial charge on any atom is -0.383 e. The maximum absolute atomic E-state index is 11.5. The summed E-state index contributed by atoms with van der Waals surface area (Å²) in [5.74, 6) is 0.740. The molecule has 0 radical (unpaired) electrons. The van der Waals surface area contributed by atoms with Gasteiger partial charge in [-0.25, -0.2) is 9.97 Å². The van der Waals surface area contributed by atoms with Crippen molar-refractivity contribution in [3.05, 3.63) is 36.4 Å². The highest BCUT2D eigenvalue weighted by atomic mass is 16.5. The molecule has 0 atom stereocenters. The molecule has 0 aliphatic heterocycles. The lowest BCUT2D eigenvalue weighted by molar-refractivity contribution is -0.115. The van der Waals surface area contributed by atoms with Gasteiger partial charge in [-0.2, -0.15) is 4.98 Å². The van der Waals surface area contributed by atoms with E-state index in [2.05, 4.69) is 20.6 Å². The van der Waals surface area contributed by atoms with Gasteiger partial charge in [0.15, 0.2) is 5.82 Å². The third kappa shape index (κ3) is 4.48. The molecule has 8 heteroatoms. The highest BCUT2D eigenvalue weighted by Crippen LogP contribution is 2.25. The van der Waals surface area contributed by atoms with Crippen LogP contribution in [-0.4, -0.2) is 41.1 Å². The number of ether oxygens (including phenoxy) is 1. The fourth-order valence-corrected chi connectivity index (χ4v) is 2.56. The van der Waals surface area contributed by atoms with E-state index in [-0.39, 0.29) is 11.9 Å². The average Bonchev–Trinajstić information content (AvgIpc) is 2.68. The van der Waals surface area contributed by atoms with E-state index in [1.165, 1.54) is 0 Å². The molecule has 0 saturated carbocycles. The Morgan fingerprint density at radius 3 is 2.59 bits per heavy atom. The molecule has 140 valence electrons. The van der Waals surface area contributed by atoms with Gasteiger partial charge in [-0.1, -0.05) is 19.1 Å². The fraction of sp³-hybridized carbons (Fsp3) is 0.263. The summed E-state index contributed by atoms with van der Waals surface area (Å²) >= 11 is 0. The van der Waals surface area contributed by atoms with Crippen molar-refractivity contribution >= 4 is 34.4 Å². The Morgan fingerprint density at radius 1 is 1.11 bits per heavy atom. The predicted octanol–water partition coefficient (Wildman–Crippen LogP) is 2.68. The van der Waals surface area contributed by atoms with E-state index in [1.807, 2.05) is 43.3 Å². The van der Waals surface area contributed by atoms with Crippen molar-refractivity contribution in [2.75, 3.05) is 36.6 Å². The zero-order valence-electron chi connectivity index (χ0n) is 15.3. The number of aromatic nitrogens is 3. The Hall–Kier alpha value is -3.26. The SMILES string of the molecule is CCC(=O)Nc1ccc(-c2ccc3nc(N)nc(NCCOC)c3n2)cc1. The van der Waals surface area contributed by atoms with E-state index in [0.29, 0.717) is 36.4 Å². The van der Waals surface area contributed by atoms with Crippen LogP contribution in [0.2, 0.25) is 0 Å². The van der Waals surface area contributed by atoms with Crippen LogP contribution in [0.3, 0.4) is 0 Å². The minimum atomic E-state index is -0.0203. The third-order valence-corrected chi connectivity index (χ3v) is 3.94. The molecule has 1 aromatic carbocycles. The molecule has 4 N–H and O–H groups in total. The number of benzene rings is 1. The van der Waals surface area contributed by atoms with Crippen LogP contribution in [0.1, 0.15) is 13.3 Å². The maximum Gasteiger partial charge on any atom is 0.224 e. The zero-order chi connectivity index (χ0) is 19.2. The van der Waals surface area contributed by atoms with Crippen LogP contribution < -0.4 is 16.4 Å². The lowest BCUT2D eigenvalue weighted by atomic mass is 10.1. The summed E-state index contributed by atoms with van der Waals surface area (Å²) in [6.07, 6.45) is 0.440. The number of anilines is 3. The van der Waals surface area contributed by atoms with Crippen LogP contribution in [0.5, 0.6) is 0 Å². The van der Waals surface area contributed by atoms with Gasteiger partial charge in [0.1, 0.15) is 5.52 Å². The molecule has 3 rings (SSSR count). The molecule has 0 aliphatic carbocycles. The summed E-state index contributed by atoms with van der Waals surface area (Å²) in [6, 6.07) is 11.3. The monoisotopic (exact) mass is 366 g/mol. The third-order valence-electron chi connectivity index (χ3n) is 3.94. The van der Waals surface area contributed by atoms with Crippen molar-refractivity contribution in [2.24, 2.45) is 0 Å². The van der Waals surface area contributed by atoms with Gasteiger partial charge in [-0.15, -0.1) is 0 Å². The van der Waals surface area contributed by atoms with Gasteiger partial charge in [-0.3, -0.25) is 4.79 Å².